The summed E-state index contributed by atoms with van der Waals surface area (Å²) in [6.07, 6.45) is -14.2. The lowest BCUT2D eigenvalue weighted by Crippen LogP contribution is -2.68. The van der Waals surface area contributed by atoms with Gasteiger partial charge in [-0.3, -0.25) is 0 Å². The monoisotopic (exact) mass is 356 g/mol. The van der Waals surface area contributed by atoms with Crippen LogP contribution in [-0.2, 0) is 14.2 Å². The smallest absolute Gasteiger partial charge is 0.197 e. The average molecular weight is 356 g/mol. The second-order valence-electron chi connectivity index (χ2n) is 6.10. The quantitative estimate of drug-likeness (QED) is 0.241. The summed E-state index contributed by atoms with van der Waals surface area (Å²) in [7, 11) is 0. The number of hydrogen-bond acceptors (Lipinski definition) is 11. The van der Waals surface area contributed by atoms with Gasteiger partial charge in [0.05, 0.1) is 13.2 Å². The summed E-state index contributed by atoms with van der Waals surface area (Å²) < 4.78 is 15.8. The molecule has 2 aliphatic heterocycles. The van der Waals surface area contributed by atoms with E-state index >= 15 is 0 Å². The van der Waals surface area contributed by atoms with Crippen molar-refractivity contribution in [3.63, 3.8) is 0 Å². The van der Waals surface area contributed by atoms with Gasteiger partial charge in [-0.1, -0.05) is 0 Å². The maximum atomic E-state index is 10.1. The van der Waals surface area contributed by atoms with Crippen LogP contribution in [0.5, 0.6) is 0 Å². The summed E-state index contributed by atoms with van der Waals surface area (Å²) in [6.45, 7) is -0.180. The van der Waals surface area contributed by atoms with Crippen LogP contribution in [0.3, 0.4) is 0 Å². The molecule has 0 spiro atoms. The predicted molar refractivity (Wildman–Crippen MR) is 73.2 cm³/mol. The standard InChI is InChI=1S/C13H24O11/c1-13(11(21)9(19)7(17)5(3-15)23-13)24-12-10(20)8(18)6(16)4(2-14)22-12/h4-12,14-21H,2-3H2,1H3/t4?,5?,6-,7+,8?,9?,10?,11?,12-,13-/m1/s1. The van der Waals surface area contributed by atoms with E-state index in [9.17, 15) is 35.7 Å². The number of aliphatic hydroxyl groups is 8. The largest absolute Gasteiger partial charge is 0.394 e. The molecule has 0 saturated carbocycles. The molecule has 0 aromatic heterocycles. The first-order valence-corrected chi connectivity index (χ1v) is 7.47. The molecule has 10 atom stereocenters. The lowest BCUT2D eigenvalue weighted by atomic mass is 9.93. The normalized spacial score (nSPS) is 53.1. The molecule has 11 nitrogen and oxygen atoms in total. The molecule has 0 bridgehead atoms. The lowest BCUT2D eigenvalue weighted by molar-refractivity contribution is -0.416. The molecule has 0 aliphatic carbocycles. The first kappa shape index (κ1) is 19.9. The Morgan fingerprint density at radius 2 is 1.33 bits per heavy atom. The second kappa shape index (κ2) is 7.43. The number of hydrogen-bond donors (Lipinski definition) is 8. The van der Waals surface area contributed by atoms with Gasteiger partial charge in [0.25, 0.3) is 0 Å². The van der Waals surface area contributed by atoms with Crippen LogP contribution in [0.1, 0.15) is 6.92 Å². The van der Waals surface area contributed by atoms with E-state index in [1.807, 2.05) is 0 Å². The Kier molecular flexibility index (Phi) is 6.16. The van der Waals surface area contributed by atoms with Crippen LogP contribution in [0.2, 0.25) is 0 Å². The molecule has 24 heavy (non-hydrogen) atoms. The minimum Gasteiger partial charge on any atom is -0.394 e. The van der Waals surface area contributed by atoms with Crippen molar-refractivity contribution in [2.45, 2.75) is 67.8 Å². The minimum atomic E-state index is -2.01. The van der Waals surface area contributed by atoms with Crippen LogP contribution >= 0.6 is 0 Å². The van der Waals surface area contributed by atoms with Crippen molar-refractivity contribution in [1.29, 1.82) is 0 Å². The van der Waals surface area contributed by atoms with Crippen LogP contribution in [0.25, 0.3) is 0 Å². The average Bonchev–Trinajstić information content (AvgIpc) is 2.57. The molecular weight excluding hydrogens is 332 g/mol. The van der Waals surface area contributed by atoms with Crippen molar-refractivity contribution in [3.05, 3.63) is 0 Å². The summed E-state index contributed by atoms with van der Waals surface area (Å²) in [5, 5.41) is 77.4. The maximum Gasteiger partial charge on any atom is 0.197 e. The van der Waals surface area contributed by atoms with Crippen LogP contribution in [0.15, 0.2) is 0 Å². The van der Waals surface area contributed by atoms with E-state index in [0.717, 1.165) is 0 Å². The van der Waals surface area contributed by atoms with E-state index in [1.165, 1.54) is 6.92 Å². The maximum absolute atomic E-state index is 10.1. The molecule has 2 saturated heterocycles. The fourth-order valence-electron chi connectivity index (χ4n) is 2.79. The topological polar surface area (TPSA) is 190 Å². The zero-order valence-corrected chi connectivity index (χ0v) is 12.9. The Bertz CT molecular complexity index is 419. The minimum absolute atomic E-state index is 0.675. The van der Waals surface area contributed by atoms with Crippen LogP contribution in [0, 0.1) is 0 Å². The Morgan fingerprint density at radius 1 is 0.792 bits per heavy atom. The molecule has 6 unspecified atom stereocenters. The fourth-order valence-corrected chi connectivity index (χ4v) is 2.79. The summed E-state index contributed by atoms with van der Waals surface area (Å²) in [6, 6.07) is 0. The van der Waals surface area contributed by atoms with Crippen molar-refractivity contribution in [2.75, 3.05) is 13.2 Å². The Morgan fingerprint density at radius 3 is 1.88 bits per heavy atom. The molecule has 11 heteroatoms. The highest BCUT2D eigenvalue weighted by Crippen LogP contribution is 2.34. The third kappa shape index (κ3) is 3.43. The highest BCUT2D eigenvalue weighted by atomic mass is 16.8. The van der Waals surface area contributed by atoms with E-state index in [1.54, 1.807) is 0 Å². The van der Waals surface area contributed by atoms with Gasteiger partial charge in [0.1, 0.15) is 48.8 Å². The van der Waals surface area contributed by atoms with E-state index in [4.69, 9.17) is 19.3 Å². The van der Waals surface area contributed by atoms with Crippen molar-refractivity contribution in [1.82, 2.24) is 0 Å². The predicted octanol–water partition coefficient (Wildman–Crippen LogP) is -5.01. The highest BCUT2D eigenvalue weighted by molar-refractivity contribution is 4.96. The van der Waals surface area contributed by atoms with Crippen molar-refractivity contribution in [2.24, 2.45) is 0 Å². The first-order valence-electron chi connectivity index (χ1n) is 7.47. The third-order valence-electron chi connectivity index (χ3n) is 4.36. The zero-order chi connectivity index (χ0) is 18.2. The van der Waals surface area contributed by atoms with Gasteiger partial charge in [-0.05, 0) is 6.92 Å². The molecule has 0 radical (unpaired) electrons. The molecule has 2 rings (SSSR count). The van der Waals surface area contributed by atoms with Gasteiger partial charge in [0.2, 0.25) is 0 Å². The third-order valence-corrected chi connectivity index (χ3v) is 4.36. The van der Waals surface area contributed by atoms with Crippen molar-refractivity contribution in [3.8, 4) is 0 Å². The zero-order valence-electron chi connectivity index (χ0n) is 12.9. The molecule has 0 aromatic rings. The molecule has 0 aromatic carbocycles. The molecule has 2 fully saturated rings. The first-order chi connectivity index (χ1) is 11.2. The van der Waals surface area contributed by atoms with Crippen molar-refractivity contribution < 1.29 is 55.1 Å². The molecule has 0 amide bonds. The van der Waals surface area contributed by atoms with Gasteiger partial charge in [-0.2, -0.15) is 0 Å². The van der Waals surface area contributed by atoms with Gasteiger partial charge in [-0.25, -0.2) is 0 Å². The summed E-state index contributed by atoms with van der Waals surface area (Å²) in [5.41, 5.74) is 0. The van der Waals surface area contributed by atoms with E-state index in [-0.39, 0.29) is 0 Å². The van der Waals surface area contributed by atoms with Crippen molar-refractivity contribution >= 4 is 0 Å². The van der Waals surface area contributed by atoms with Crippen LogP contribution in [-0.4, -0.2) is 115 Å². The second-order valence-corrected chi connectivity index (χ2v) is 6.10. The van der Waals surface area contributed by atoms with E-state index in [2.05, 4.69) is 0 Å². The van der Waals surface area contributed by atoms with Gasteiger partial charge in [-0.15, -0.1) is 0 Å². The van der Waals surface area contributed by atoms with E-state index in [0.29, 0.717) is 0 Å². The van der Waals surface area contributed by atoms with Gasteiger partial charge in [0.15, 0.2) is 12.1 Å². The Labute approximate surface area is 137 Å². The van der Waals surface area contributed by atoms with Crippen LogP contribution < -0.4 is 0 Å². The Hall–Kier alpha value is -0.440. The number of aliphatic hydroxyl groups excluding tert-OH is 8. The summed E-state index contributed by atoms with van der Waals surface area (Å²) >= 11 is 0. The molecular formula is C13H24O11. The molecule has 2 heterocycles. The highest BCUT2D eigenvalue weighted by Gasteiger charge is 2.55. The Balaban J connectivity index is 2.18. The van der Waals surface area contributed by atoms with Gasteiger partial charge >= 0.3 is 0 Å². The van der Waals surface area contributed by atoms with E-state index < -0.39 is 74.1 Å². The lowest BCUT2D eigenvalue weighted by Gasteiger charge is -2.49. The summed E-state index contributed by atoms with van der Waals surface area (Å²) in [4.78, 5) is 0. The fraction of sp³-hybridized carbons (Fsp3) is 1.00. The van der Waals surface area contributed by atoms with Crippen LogP contribution in [0.4, 0.5) is 0 Å². The number of rotatable bonds is 4. The SMILES string of the molecule is C[C@]1(O[C@H]2OC(CO)[C@@H](O)C(O)C2O)OC(CO)[C@H](O)C(O)C1O. The molecule has 8 N–H and O–H groups in total. The van der Waals surface area contributed by atoms with Gasteiger partial charge in [0, 0.05) is 0 Å². The number of ether oxygens (including phenoxy) is 3. The molecule has 2 aliphatic rings. The summed E-state index contributed by atoms with van der Waals surface area (Å²) in [5.74, 6) is -2.01. The van der Waals surface area contributed by atoms with Gasteiger partial charge < -0.3 is 55.1 Å². The molecule has 142 valence electrons.